The zero-order chi connectivity index (χ0) is 20.8. The highest BCUT2D eigenvalue weighted by Crippen LogP contribution is 2.32. The molecule has 1 saturated carbocycles. The molecule has 1 aliphatic rings. The van der Waals surface area contributed by atoms with Gasteiger partial charge in [-0.3, -0.25) is 4.79 Å². The summed E-state index contributed by atoms with van der Waals surface area (Å²) < 4.78 is 5.87. The molecule has 2 aromatic carbocycles. The normalized spacial score (nSPS) is 14.3. The molecule has 4 rings (SSSR count). The maximum Gasteiger partial charge on any atom is 0.264 e. The monoisotopic (exact) mass is 417 g/mol. The number of amides is 1. The average Bonchev–Trinajstić information content (AvgIpc) is 3.29. The first kappa shape index (κ1) is 20.4. The van der Waals surface area contributed by atoms with Gasteiger partial charge in [0.15, 0.2) is 0 Å². The Morgan fingerprint density at radius 3 is 2.37 bits per heavy atom. The first-order chi connectivity index (χ1) is 14.7. The first-order valence-corrected chi connectivity index (χ1v) is 11.4. The number of carbonyl (C=O) groups is 1. The van der Waals surface area contributed by atoms with Crippen molar-refractivity contribution in [1.82, 2.24) is 4.90 Å². The molecule has 0 atom stereocenters. The molecule has 3 aromatic rings. The van der Waals surface area contributed by atoms with Gasteiger partial charge in [-0.25, -0.2) is 0 Å². The fraction of sp³-hybridized carbons (Fsp3) is 0.269. The van der Waals surface area contributed by atoms with E-state index >= 15 is 0 Å². The molecule has 0 saturated heterocycles. The van der Waals surface area contributed by atoms with E-state index in [9.17, 15) is 4.79 Å². The summed E-state index contributed by atoms with van der Waals surface area (Å²) in [7, 11) is 0. The maximum atomic E-state index is 13.2. The highest BCUT2D eigenvalue weighted by Gasteiger charge is 2.26. The number of carbonyl (C=O) groups excluding carboxylic acids is 1. The van der Waals surface area contributed by atoms with Gasteiger partial charge in [0.2, 0.25) is 0 Å². The topological polar surface area (TPSA) is 29.5 Å². The Balaban J connectivity index is 1.47. The summed E-state index contributed by atoms with van der Waals surface area (Å²) in [5.41, 5.74) is 1.09. The second-order valence-electron chi connectivity index (χ2n) is 7.64. The predicted molar refractivity (Wildman–Crippen MR) is 124 cm³/mol. The number of ether oxygens (including phenoxy) is 1. The van der Waals surface area contributed by atoms with Crippen molar-refractivity contribution in [2.45, 2.75) is 38.1 Å². The maximum absolute atomic E-state index is 13.2. The summed E-state index contributed by atoms with van der Waals surface area (Å²) in [6.45, 7) is 4.47. The van der Waals surface area contributed by atoms with E-state index in [1.165, 1.54) is 19.3 Å². The minimum absolute atomic E-state index is 0.127. The Bertz CT molecular complexity index is 972. The zero-order valence-electron chi connectivity index (χ0n) is 17.1. The van der Waals surface area contributed by atoms with Gasteiger partial charge in [-0.2, -0.15) is 0 Å². The van der Waals surface area contributed by atoms with E-state index in [0.29, 0.717) is 12.6 Å². The number of para-hydroxylation sites is 1. The van der Waals surface area contributed by atoms with Crippen molar-refractivity contribution in [3.63, 3.8) is 0 Å². The summed E-state index contributed by atoms with van der Waals surface area (Å²) in [6.07, 6.45) is 7.73. The van der Waals surface area contributed by atoms with Crippen LogP contribution in [0.1, 0.15) is 41.8 Å². The summed E-state index contributed by atoms with van der Waals surface area (Å²) in [4.78, 5) is 17.1. The average molecular weight is 418 g/mol. The Labute approximate surface area is 182 Å². The molecule has 1 amide bonds. The van der Waals surface area contributed by atoms with Crippen molar-refractivity contribution in [3.05, 3.63) is 84.3 Å². The fourth-order valence-corrected chi connectivity index (χ4v) is 4.96. The summed E-state index contributed by atoms with van der Waals surface area (Å²) in [6, 6.07) is 22.1. The number of rotatable bonds is 7. The molecule has 4 heteroatoms. The van der Waals surface area contributed by atoms with Crippen LogP contribution in [0.25, 0.3) is 10.4 Å². The standard InChI is InChI=1S/C26H27NO2S/c1-2-19-27(21-9-5-3-6-10-21)26(28)25-18-17-24(30-25)20-13-15-23(16-14-20)29-22-11-7-4-8-12-22/h2,4,7-8,11-18,21H,1,3,5-6,9-10,19H2. The van der Waals surface area contributed by atoms with Gasteiger partial charge in [0, 0.05) is 17.5 Å². The van der Waals surface area contributed by atoms with Gasteiger partial charge < -0.3 is 9.64 Å². The predicted octanol–water partition coefficient (Wildman–Crippen LogP) is 7.17. The summed E-state index contributed by atoms with van der Waals surface area (Å²) in [5.74, 6) is 1.74. The molecule has 1 aromatic heterocycles. The second kappa shape index (κ2) is 9.77. The van der Waals surface area contributed by atoms with Gasteiger partial charge >= 0.3 is 0 Å². The molecular weight excluding hydrogens is 390 g/mol. The summed E-state index contributed by atoms with van der Waals surface area (Å²) >= 11 is 1.56. The van der Waals surface area contributed by atoms with Gasteiger partial charge in [0.25, 0.3) is 5.91 Å². The summed E-state index contributed by atoms with van der Waals surface area (Å²) in [5, 5.41) is 0. The molecule has 0 N–H and O–H groups in total. The van der Waals surface area contributed by atoms with Crippen molar-refractivity contribution in [2.24, 2.45) is 0 Å². The SMILES string of the molecule is C=CCN(C(=O)c1ccc(-c2ccc(Oc3ccccc3)cc2)s1)C1CCCCC1. The number of benzene rings is 2. The van der Waals surface area contributed by atoms with Gasteiger partial charge in [-0.05, 0) is 66.9 Å². The molecule has 0 unspecified atom stereocenters. The smallest absolute Gasteiger partial charge is 0.264 e. The quantitative estimate of drug-likeness (QED) is 0.381. The number of nitrogens with zero attached hydrogens (tertiary/aromatic N) is 1. The van der Waals surface area contributed by atoms with E-state index in [-0.39, 0.29) is 5.91 Å². The van der Waals surface area contributed by atoms with Gasteiger partial charge in [0.05, 0.1) is 4.88 Å². The van der Waals surface area contributed by atoms with Crippen LogP contribution in [0.2, 0.25) is 0 Å². The molecular formula is C26H27NO2S. The third-order valence-corrected chi connectivity index (χ3v) is 6.66. The molecule has 30 heavy (non-hydrogen) atoms. The molecule has 0 spiro atoms. The van der Waals surface area contributed by atoms with Crippen molar-refractivity contribution >= 4 is 17.2 Å². The molecule has 1 fully saturated rings. The lowest BCUT2D eigenvalue weighted by Gasteiger charge is -2.33. The second-order valence-corrected chi connectivity index (χ2v) is 8.73. The van der Waals surface area contributed by atoms with Crippen LogP contribution in [-0.4, -0.2) is 23.4 Å². The van der Waals surface area contributed by atoms with Gasteiger partial charge in [-0.15, -0.1) is 17.9 Å². The van der Waals surface area contributed by atoms with Gasteiger partial charge in [0.1, 0.15) is 11.5 Å². The van der Waals surface area contributed by atoms with E-state index in [1.54, 1.807) is 11.3 Å². The minimum Gasteiger partial charge on any atom is -0.457 e. The fourth-order valence-electron chi connectivity index (χ4n) is 3.99. The number of thiophene rings is 1. The Morgan fingerprint density at radius 2 is 1.67 bits per heavy atom. The Morgan fingerprint density at radius 1 is 0.967 bits per heavy atom. The zero-order valence-corrected chi connectivity index (χ0v) is 17.9. The van der Waals surface area contributed by atoms with Crippen molar-refractivity contribution < 1.29 is 9.53 Å². The first-order valence-electron chi connectivity index (χ1n) is 10.6. The van der Waals surface area contributed by atoms with Crippen LogP contribution in [0.4, 0.5) is 0 Å². The lowest BCUT2D eigenvalue weighted by Crippen LogP contribution is -2.41. The van der Waals surface area contributed by atoms with E-state index in [2.05, 4.69) is 6.58 Å². The molecule has 1 heterocycles. The number of hydrogen-bond donors (Lipinski definition) is 0. The molecule has 1 aliphatic carbocycles. The van der Waals surface area contributed by atoms with E-state index in [1.807, 2.05) is 77.7 Å². The van der Waals surface area contributed by atoms with Crippen LogP contribution in [0.5, 0.6) is 11.5 Å². The molecule has 3 nitrogen and oxygen atoms in total. The highest BCUT2D eigenvalue weighted by molar-refractivity contribution is 7.17. The van der Waals surface area contributed by atoms with E-state index in [0.717, 1.165) is 39.7 Å². The van der Waals surface area contributed by atoms with Crippen molar-refractivity contribution in [1.29, 1.82) is 0 Å². The third-order valence-electron chi connectivity index (χ3n) is 5.54. The van der Waals surface area contributed by atoms with Crippen molar-refractivity contribution in [3.8, 4) is 21.9 Å². The van der Waals surface area contributed by atoms with Crippen LogP contribution in [0.3, 0.4) is 0 Å². The molecule has 0 aliphatic heterocycles. The van der Waals surface area contributed by atoms with Crippen LogP contribution in [-0.2, 0) is 0 Å². The van der Waals surface area contributed by atoms with Crippen LogP contribution in [0.15, 0.2) is 79.4 Å². The Kier molecular flexibility index (Phi) is 6.65. The van der Waals surface area contributed by atoms with Crippen LogP contribution in [0, 0.1) is 0 Å². The third kappa shape index (κ3) is 4.82. The molecule has 0 bridgehead atoms. The lowest BCUT2D eigenvalue weighted by atomic mass is 9.94. The van der Waals surface area contributed by atoms with E-state index in [4.69, 9.17) is 4.74 Å². The van der Waals surface area contributed by atoms with Crippen LogP contribution < -0.4 is 4.74 Å². The minimum atomic E-state index is 0.127. The number of hydrogen-bond acceptors (Lipinski definition) is 3. The van der Waals surface area contributed by atoms with Gasteiger partial charge in [-0.1, -0.05) is 43.5 Å². The molecule has 154 valence electrons. The van der Waals surface area contributed by atoms with E-state index < -0.39 is 0 Å². The highest BCUT2D eigenvalue weighted by atomic mass is 32.1. The molecule has 0 radical (unpaired) electrons. The van der Waals surface area contributed by atoms with Crippen molar-refractivity contribution in [2.75, 3.05) is 6.54 Å². The lowest BCUT2D eigenvalue weighted by molar-refractivity contribution is 0.0668. The van der Waals surface area contributed by atoms with Crippen LogP contribution >= 0.6 is 11.3 Å². The largest absolute Gasteiger partial charge is 0.457 e. The Hall–Kier alpha value is -2.85.